The Kier molecular flexibility index (Phi) is 4.06. The Morgan fingerprint density at radius 2 is 1.95 bits per heavy atom. The molecule has 1 heterocycles. The monoisotopic (exact) mass is 341 g/mol. The molecule has 0 radical (unpaired) electrons. The molecule has 21 heavy (non-hydrogen) atoms. The van der Waals surface area contributed by atoms with Gasteiger partial charge in [0.1, 0.15) is 0 Å². The maximum absolute atomic E-state index is 4.43. The maximum Gasteiger partial charge on any atom is 0.212 e. The highest BCUT2D eigenvalue weighted by molar-refractivity contribution is 9.10. The predicted octanol–water partition coefficient (Wildman–Crippen LogP) is 4.94. The summed E-state index contributed by atoms with van der Waals surface area (Å²) in [4.78, 5) is 4.43. The number of imidazole rings is 1. The zero-order valence-electron chi connectivity index (χ0n) is 11.8. The molecule has 0 saturated carbocycles. The highest BCUT2D eigenvalue weighted by Gasteiger charge is 2.09. The number of aromatic nitrogens is 2. The Balaban J connectivity index is 1.99. The van der Waals surface area contributed by atoms with Gasteiger partial charge in [-0.2, -0.15) is 0 Å². The number of hydrogen-bond acceptors (Lipinski definition) is 2. The molecule has 106 valence electrons. The summed E-state index contributed by atoms with van der Waals surface area (Å²) in [7, 11) is 0. The highest BCUT2D eigenvalue weighted by atomic mass is 79.9. The second-order valence-corrected chi connectivity index (χ2v) is 5.65. The van der Waals surface area contributed by atoms with Crippen molar-refractivity contribution in [1.82, 2.24) is 9.55 Å². The number of para-hydroxylation sites is 1. The highest BCUT2D eigenvalue weighted by Crippen LogP contribution is 2.24. The summed E-state index contributed by atoms with van der Waals surface area (Å²) in [5, 5.41) is 3.36. The molecule has 0 spiro atoms. The second kappa shape index (κ2) is 6.14. The van der Waals surface area contributed by atoms with Gasteiger partial charge < -0.3 is 5.32 Å². The second-order valence-electron chi connectivity index (χ2n) is 4.74. The van der Waals surface area contributed by atoms with Gasteiger partial charge in [-0.15, -0.1) is 0 Å². The third-order valence-electron chi connectivity index (χ3n) is 3.35. The van der Waals surface area contributed by atoms with Gasteiger partial charge in [-0.1, -0.05) is 41.1 Å². The van der Waals surface area contributed by atoms with Gasteiger partial charge in [-0.05, 0) is 42.3 Å². The first kappa shape index (κ1) is 13.9. The average molecular weight is 342 g/mol. The lowest BCUT2D eigenvalue weighted by atomic mass is 10.1. The number of halogens is 1. The van der Waals surface area contributed by atoms with E-state index in [1.165, 1.54) is 5.56 Å². The molecule has 0 fully saturated rings. The molecule has 3 rings (SSSR count). The molecular formula is C17H16BrN3. The van der Waals surface area contributed by atoms with Crippen LogP contribution in [0.4, 0.5) is 11.6 Å². The standard InChI is InChI=1S/C17H16BrN3/c1-2-13-12-14(18)8-9-16(13)21-11-10-19-17(21)20-15-6-4-3-5-7-15/h3-12H,2H2,1H3,(H,19,20). The number of nitrogens with one attached hydrogen (secondary N) is 1. The van der Waals surface area contributed by atoms with Crippen molar-refractivity contribution in [3.8, 4) is 5.69 Å². The predicted molar refractivity (Wildman–Crippen MR) is 90.4 cm³/mol. The van der Waals surface area contributed by atoms with Crippen molar-refractivity contribution in [2.24, 2.45) is 0 Å². The van der Waals surface area contributed by atoms with E-state index in [0.717, 1.165) is 28.2 Å². The number of anilines is 2. The van der Waals surface area contributed by atoms with E-state index in [1.54, 1.807) is 0 Å². The minimum absolute atomic E-state index is 0.818. The summed E-state index contributed by atoms with van der Waals surface area (Å²) >= 11 is 3.53. The van der Waals surface area contributed by atoms with Crippen LogP contribution in [0.5, 0.6) is 0 Å². The van der Waals surface area contributed by atoms with Crippen molar-refractivity contribution < 1.29 is 0 Å². The van der Waals surface area contributed by atoms with E-state index in [0.29, 0.717) is 0 Å². The van der Waals surface area contributed by atoms with E-state index in [2.05, 4.69) is 55.9 Å². The minimum Gasteiger partial charge on any atom is -0.325 e. The average Bonchev–Trinajstić information content (AvgIpc) is 2.96. The SMILES string of the molecule is CCc1cc(Br)ccc1-n1ccnc1Nc1ccccc1. The van der Waals surface area contributed by atoms with Gasteiger partial charge in [-0.25, -0.2) is 4.98 Å². The third-order valence-corrected chi connectivity index (χ3v) is 3.85. The molecule has 0 aliphatic carbocycles. The number of nitrogens with zero attached hydrogens (tertiary/aromatic N) is 2. The van der Waals surface area contributed by atoms with Crippen molar-refractivity contribution in [3.05, 3.63) is 71.0 Å². The molecule has 0 aliphatic rings. The summed E-state index contributed by atoms with van der Waals surface area (Å²) in [5.74, 6) is 0.818. The molecule has 0 unspecified atom stereocenters. The smallest absolute Gasteiger partial charge is 0.212 e. The quantitative estimate of drug-likeness (QED) is 0.728. The van der Waals surface area contributed by atoms with E-state index >= 15 is 0 Å². The maximum atomic E-state index is 4.43. The molecule has 0 saturated heterocycles. The van der Waals surface area contributed by atoms with Crippen LogP contribution in [0.15, 0.2) is 65.4 Å². The Bertz CT molecular complexity index is 735. The van der Waals surface area contributed by atoms with Gasteiger partial charge in [0.15, 0.2) is 0 Å². The summed E-state index contributed by atoms with van der Waals surface area (Å²) in [6.07, 6.45) is 4.76. The lowest BCUT2D eigenvalue weighted by Gasteiger charge is -2.13. The number of hydrogen-bond donors (Lipinski definition) is 1. The number of aryl methyl sites for hydroxylation is 1. The van der Waals surface area contributed by atoms with Crippen LogP contribution in [-0.4, -0.2) is 9.55 Å². The molecule has 1 aromatic heterocycles. The zero-order chi connectivity index (χ0) is 14.7. The van der Waals surface area contributed by atoms with Gasteiger partial charge >= 0.3 is 0 Å². The molecule has 0 aliphatic heterocycles. The first-order valence-electron chi connectivity index (χ1n) is 6.92. The number of rotatable bonds is 4. The van der Waals surface area contributed by atoms with E-state index < -0.39 is 0 Å². The lowest BCUT2D eigenvalue weighted by molar-refractivity contribution is 1.01. The Morgan fingerprint density at radius 3 is 2.71 bits per heavy atom. The van der Waals surface area contributed by atoms with Crippen LogP contribution in [-0.2, 0) is 6.42 Å². The molecule has 2 aromatic carbocycles. The van der Waals surface area contributed by atoms with Crippen LogP contribution in [0.2, 0.25) is 0 Å². The molecule has 3 aromatic rings. The summed E-state index contributed by atoms with van der Waals surface area (Å²) in [6.45, 7) is 2.16. The number of benzene rings is 2. The van der Waals surface area contributed by atoms with Gasteiger partial charge in [0.05, 0.1) is 5.69 Å². The van der Waals surface area contributed by atoms with Crippen LogP contribution in [0.3, 0.4) is 0 Å². The van der Waals surface area contributed by atoms with Crippen molar-refractivity contribution in [2.75, 3.05) is 5.32 Å². The Hall–Kier alpha value is -2.07. The van der Waals surface area contributed by atoms with Crippen LogP contribution in [0, 0.1) is 0 Å². The largest absolute Gasteiger partial charge is 0.325 e. The van der Waals surface area contributed by atoms with Crippen LogP contribution >= 0.6 is 15.9 Å². The van der Waals surface area contributed by atoms with Crippen LogP contribution in [0.1, 0.15) is 12.5 Å². The van der Waals surface area contributed by atoms with Gasteiger partial charge in [0.25, 0.3) is 0 Å². The van der Waals surface area contributed by atoms with Crippen LogP contribution in [0.25, 0.3) is 5.69 Å². The van der Waals surface area contributed by atoms with Gasteiger partial charge in [-0.3, -0.25) is 4.57 Å². The molecule has 1 N–H and O–H groups in total. The fourth-order valence-electron chi connectivity index (χ4n) is 2.31. The van der Waals surface area contributed by atoms with Gasteiger partial charge in [0.2, 0.25) is 5.95 Å². The third kappa shape index (κ3) is 3.00. The van der Waals surface area contributed by atoms with Gasteiger partial charge in [0, 0.05) is 22.6 Å². The molecule has 0 atom stereocenters. The summed E-state index contributed by atoms with van der Waals surface area (Å²) < 4.78 is 3.18. The molecular weight excluding hydrogens is 326 g/mol. The Morgan fingerprint density at radius 1 is 1.14 bits per heavy atom. The lowest BCUT2D eigenvalue weighted by Crippen LogP contribution is -2.03. The fourth-order valence-corrected chi connectivity index (χ4v) is 2.72. The van der Waals surface area contributed by atoms with Crippen molar-refractivity contribution >= 4 is 27.6 Å². The van der Waals surface area contributed by atoms with E-state index in [-0.39, 0.29) is 0 Å². The zero-order valence-corrected chi connectivity index (χ0v) is 13.3. The van der Waals surface area contributed by atoms with Crippen molar-refractivity contribution in [3.63, 3.8) is 0 Å². The molecule has 0 bridgehead atoms. The topological polar surface area (TPSA) is 29.9 Å². The first-order chi connectivity index (χ1) is 10.3. The summed E-state index contributed by atoms with van der Waals surface area (Å²) in [5.41, 5.74) is 3.45. The normalized spacial score (nSPS) is 10.6. The van der Waals surface area contributed by atoms with E-state index in [1.807, 2.05) is 42.7 Å². The van der Waals surface area contributed by atoms with E-state index in [4.69, 9.17) is 0 Å². The molecule has 3 nitrogen and oxygen atoms in total. The van der Waals surface area contributed by atoms with Crippen molar-refractivity contribution in [1.29, 1.82) is 0 Å². The fraction of sp³-hybridized carbons (Fsp3) is 0.118. The molecule has 4 heteroatoms. The first-order valence-corrected chi connectivity index (χ1v) is 7.71. The molecule has 0 amide bonds. The summed E-state index contributed by atoms with van der Waals surface area (Å²) in [6, 6.07) is 16.4. The minimum atomic E-state index is 0.818. The van der Waals surface area contributed by atoms with Crippen LogP contribution < -0.4 is 5.32 Å². The van der Waals surface area contributed by atoms with Crippen molar-refractivity contribution in [2.45, 2.75) is 13.3 Å². The van der Waals surface area contributed by atoms with E-state index in [9.17, 15) is 0 Å². The Labute approximate surface area is 132 Å².